The van der Waals surface area contributed by atoms with Crippen molar-refractivity contribution < 1.29 is 13.6 Å². The van der Waals surface area contributed by atoms with Gasteiger partial charge < -0.3 is 10.6 Å². The summed E-state index contributed by atoms with van der Waals surface area (Å²) in [4.78, 5) is 16.8. The molecule has 7 nitrogen and oxygen atoms in total. The largest absolute Gasteiger partial charge is 0.353 e. The van der Waals surface area contributed by atoms with Gasteiger partial charge in [-0.05, 0) is 55.2 Å². The standard InChI is InChI=1S/C22H22F2N6O/c23-16-8-15(9-17(24)10-16)19-11-20(30-29-19)27-22(26-18-5-2-6-18)28-21(31)14-4-1-3-13(7-14)12-25/h1,3-4,7-10,18-20,29-30H,2,5-6,11H2,(H2,26,27,28,31). The fourth-order valence-electron chi connectivity index (χ4n) is 3.55. The third kappa shape index (κ3) is 5.23. The van der Waals surface area contributed by atoms with Gasteiger partial charge in [0.05, 0.1) is 17.8 Å². The summed E-state index contributed by atoms with van der Waals surface area (Å²) < 4.78 is 27.1. The molecule has 31 heavy (non-hydrogen) atoms. The highest BCUT2D eigenvalue weighted by Gasteiger charge is 2.28. The van der Waals surface area contributed by atoms with Crippen LogP contribution in [0.4, 0.5) is 8.78 Å². The van der Waals surface area contributed by atoms with Gasteiger partial charge in [0.2, 0.25) is 5.96 Å². The number of rotatable bonds is 4. The Hall–Kier alpha value is -3.35. The molecular formula is C22H22F2N6O. The minimum absolute atomic E-state index is 0.229. The van der Waals surface area contributed by atoms with E-state index in [9.17, 15) is 13.6 Å². The van der Waals surface area contributed by atoms with Gasteiger partial charge in [-0.3, -0.25) is 4.79 Å². The predicted molar refractivity (Wildman–Crippen MR) is 111 cm³/mol. The molecule has 0 aromatic heterocycles. The number of hydrogen-bond acceptors (Lipinski definition) is 4. The van der Waals surface area contributed by atoms with Crippen molar-refractivity contribution in [1.82, 2.24) is 21.5 Å². The Balaban J connectivity index is 1.47. The highest BCUT2D eigenvalue weighted by atomic mass is 19.1. The highest BCUT2D eigenvalue weighted by Crippen LogP contribution is 2.23. The van der Waals surface area contributed by atoms with Crippen LogP contribution in [0.15, 0.2) is 47.5 Å². The zero-order valence-electron chi connectivity index (χ0n) is 16.7. The summed E-state index contributed by atoms with van der Waals surface area (Å²) in [6.07, 6.45) is 3.24. The van der Waals surface area contributed by atoms with Crippen LogP contribution in [-0.4, -0.2) is 24.1 Å². The van der Waals surface area contributed by atoms with Crippen LogP contribution in [0.25, 0.3) is 0 Å². The molecule has 2 atom stereocenters. The Morgan fingerprint density at radius 1 is 1.10 bits per heavy atom. The van der Waals surface area contributed by atoms with Crippen molar-refractivity contribution in [1.29, 1.82) is 5.26 Å². The first-order chi connectivity index (χ1) is 15.0. The Morgan fingerprint density at radius 3 is 2.55 bits per heavy atom. The first-order valence-corrected chi connectivity index (χ1v) is 10.1. The zero-order chi connectivity index (χ0) is 21.8. The van der Waals surface area contributed by atoms with Crippen LogP contribution < -0.4 is 21.5 Å². The van der Waals surface area contributed by atoms with Gasteiger partial charge in [0.25, 0.3) is 5.91 Å². The van der Waals surface area contributed by atoms with Crippen LogP contribution in [0.2, 0.25) is 0 Å². The van der Waals surface area contributed by atoms with E-state index in [1.165, 1.54) is 18.2 Å². The zero-order valence-corrected chi connectivity index (χ0v) is 16.7. The molecule has 0 radical (unpaired) electrons. The number of halogens is 2. The molecule has 0 spiro atoms. The van der Waals surface area contributed by atoms with Crippen molar-refractivity contribution in [2.75, 3.05) is 0 Å². The lowest BCUT2D eigenvalue weighted by atomic mass is 9.93. The van der Waals surface area contributed by atoms with Gasteiger partial charge >= 0.3 is 0 Å². The van der Waals surface area contributed by atoms with E-state index in [1.54, 1.807) is 18.2 Å². The van der Waals surface area contributed by atoms with Crippen molar-refractivity contribution in [2.24, 2.45) is 4.99 Å². The van der Waals surface area contributed by atoms with Gasteiger partial charge in [-0.1, -0.05) is 6.07 Å². The molecule has 2 fully saturated rings. The molecule has 1 heterocycles. The first-order valence-electron chi connectivity index (χ1n) is 10.1. The van der Waals surface area contributed by atoms with Gasteiger partial charge in [-0.25, -0.2) is 19.6 Å². The van der Waals surface area contributed by atoms with Crippen LogP contribution in [0.3, 0.4) is 0 Å². The first kappa shape index (κ1) is 20.9. The topological polar surface area (TPSA) is 101 Å². The molecule has 1 aliphatic heterocycles. The summed E-state index contributed by atoms with van der Waals surface area (Å²) in [6, 6.07) is 11.7. The smallest absolute Gasteiger partial charge is 0.280 e. The molecule has 1 saturated carbocycles. The van der Waals surface area contributed by atoms with Crippen molar-refractivity contribution in [3.05, 3.63) is 70.8 Å². The van der Waals surface area contributed by atoms with Crippen molar-refractivity contribution in [2.45, 2.75) is 43.9 Å². The maximum absolute atomic E-state index is 13.5. The number of nitrogens with one attached hydrogen (secondary N) is 4. The number of aliphatic imine (C=N–C) groups is 1. The normalized spacial score (nSPS) is 21.3. The minimum atomic E-state index is -0.632. The number of guanidine groups is 1. The molecule has 2 aromatic carbocycles. The fourth-order valence-corrected chi connectivity index (χ4v) is 3.55. The fraction of sp³-hybridized carbons (Fsp3) is 0.318. The Bertz CT molecular complexity index is 1030. The number of hydrogen-bond donors (Lipinski definition) is 4. The predicted octanol–water partition coefficient (Wildman–Crippen LogP) is 2.63. The van der Waals surface area contributed by atoms with Crippen LogP contribution in [0, 0.1) is 23.0 Å². The molecule has 1 saturated heterocycles. The molecule has 2 aromatic rings. The quantitative estimate of drug-likeness (QED) is 0.445. The third-order valence-electron chi connectivity index (χ3n) is 5.40. The lowest BCUT2D eigenvalue weighted by molar-refractivity contribution is 0.100. The average Bonchev–Trinajstić information content (AvgIpc) is 3.18. The molecule has 4 rings (SSSR count). The monoisotopic (exact) mass is 424 g/mol. The third-order valence-corrected chi connectivity index (χ3v) is 5.40. The summed E-state index contributed by atoms with van der Waals surface area (Å²) >= 11 is 0. The molecule has 9 heteroatoms. The molecule has 2 unspecified atom stereocenters. The number of hydrazine groups is 1. The van der Waals surface area contributed by atoms with Crippen molar-refractivity contribution in [3.63, 3.8) is 0 Å². The van der Waals surface area contributed by atoms with E-state index >= 15 is 0 Å². The van der Waals surface area contributed by atoms with Gasteiger partial charge in [-0.15, -0.1) is 0 Å². The number of amides is 1. The van der Waals surface area contributed by atoms with Crippen LogP contribution in [0.1, 0.15) is 53.2 Å². The molecule has 1 aliphatic carbocycles. The molecule has 160 valence electrons. The lowest BCUT2D eigenvalue weighted by Gasteiger charge is -2.29. The highest BCUT2D eigenvalue weighted by molar-refractivity contribution is 6.03. The second-order valence-corrected chi connectivity index (χ2v) is 7.71. The van der Waals surface area contributed by atoms with E-state index in [0.717, 1.165) is 25.3 Å². The molecule has 1 amide bonds. The molecule has 0 bridgehead atoms. The van der Waals surface area contributed by atoms with Crippen molar-refractivity contribution >= 4 is 11.9 Å². The number of nitrogens with zero attached hydrogens (tertiary/aromatic N) is 2. The van der Waals surface area contributed by atoms with Gasteiger partial charge in [0.15, 0.2) is 0 Å². The molecule has 2 aliphatic rings. The van der Waals surface area contributed by atoms with E-state index in [-0.39, 0.29) is 18.2 Å². The summed E-state index contributed by atoms with van der Waals surface area (Å²) in [7, 11) is 0. The summed E-state index contributed by atoms with van der Waals surface area (Å²) in [5.41, 5.74) is 7.24. The summed E-state index contributed by atoms with van der Waals surface area (Å²) in [6.45, 7) is 0. The Kier molecular flexibility index (Phi) is 6.21. The number of benzene rings is 2. The number of carbonyl (C=O) groups excluding carboxylic acids is 1. The lowest BCUT2D eigenvalue weighted by Crippen LogP contribution is -2.53. The second-order valence-electron chi connectivity index (χ2n) is 7.71. The average molecular weight is 424 g/mol. The van der Waals surface area contributed by atoms with Gasteiger partial charge in [0, 0.05) is 30.1 Å². The van der Waals surface area contributed by atoms with E-state index in [2.05, 4.69) is 26.5 Å². The minimum Gasteiger partial charge on any atom is -0.353 e. The van der Waals surface area contributed by atoms with E-state index in [4.69, 9.17) is 5.26 Å². The van der Waals surface area contributed by atoms with E-state index in [1.807, 2.05) is 6.07 Å². The van der Waals surface area contributed by atoms with Crippen LogP contribution >= 0.6 is 0 Å². The van der Waals surface area contributed by atoms with Crippen LogP contribution in [-0.2, 0) is 0 Å². The number of nitriles is 1. The van der Waals surface area contributed by atoms with E-state index < -0.39 is 17.5 Å². The SMILES string of the molecule is N#Cc1cccc(C(=O)/N=C(/NC2CCC2)NC2CC(c3cc(F)cc(F)c3)NN2)c1. The maximum atomic E-state index is 13.5. The van der Waals surface area contributed by atoms with E-state index in [0.29, 0.717) is 29.1 Å². The second kappa shape index (κ2) is 9.20. The van der Waals surface area contributed by atoms with Crippen LogP contribution in [0.5, 0.6) is 0 Å². The maximum Gasteiger partial charge on any atom is 0.280 e. The van der Waals surface area contributed by atoms with Gasteiger partial charge in [0.1, 0.15) is 11.6 Å². The Morgan fingerprint density at radius 2 is 1.87 bits per heavy atom. The number of carbonyl (C=O) groups is 1. The summed E-state index contributed by atoms with van der Waals surface area (Å²) in [5, 5.41) is 15.5. The van der Waals surface area contributed by atoms with Crippen molar-refractivity contribution in [3.8, 4) is 6.07 Å². The Labute approximate surface area is 178 Å². The summed E-state index contributed by atoms with van der Waals surface area (Å²) in [5.74, 6) is -1.41. The molecular weight excluding hydrogens is 402 g/mol. The van der Waals surface area contributed by atoms with Gasteiger partial charge in [-0.2, -0.15) is 10.3 Å². The molecule has 4 N–H and O–H groups in total.